The van der Waals surface area contributed by atoms with Crippen LogP contribution >= 0.6 is 11.3 Å². The zero-order valence-electron chi connectivity index (χ0n) is 13.5. The molecule has 0 fully saturated rings. The second kappa shape index (κ2) is 7.29. The number of rotatable bonds is 7. The van der Waals surface area contributed by atoms with Gasteiger partial charge in [0.25, 0.3) is 0 Å². The second-order valence-electron chi connectivity index (χ2n) is 5.62. The lowest BCUT2D eigenvalue weighted by atomic mass is 10.1. The first-order valence-electron chi connectivity index (χ1n) is 7.79. The third-order valence-electron chi connectivity index (χ3n) is 4.01. The summed E-state index contributed by atoms with van der Waals surface area (Å²) >= 11 is 1.79. The molecule has 1 aromatic carbocycles. The molecule has 1 aliphatic rings. The topological polar surface area (TPSA) is 63.6 Å². The quantitative estimate of drug-likeness (QED) is 0.814. The van der Waals surface area contributed by atoms with Crippen LogP contribution in [0.3, 0.4) is 0 Å². The molecule has 1 aliphatic carbocycles. The minimum atomic E-state index is -0.620. The summed E-state index contributed by atoms with van der Waals surface area (Å²) in [4.78, 5) is 6.08. The van der Waals surface area contributed by atoms with Crippen molar-refractivity contribution in [1.82, 2.24) is 10.3 Å². The summed E-state index contributed by atoms with van der Waals surface area (Å²) in [5.74, 6) is 1.35. The molecule has 2 aromatic rings. The van der Waals surface area contributed by atoms with E-state index in [9.17, 15) is 5.11 Å². The third-order valence-corrected chi connectivity index (χ3v) is 5.17. The Kier molecular flexibility index (Phi) is 5.15. The number of methoxy groups -OCH3 is 2. The molecule has 0 saturated carbocycles. The zero-order valence-corrected chi connectivity index (χ0v) is 14.3. The number of ether oxygens (including phenoxy) is 2. The molecule has 23 heavy (non-hydrogen) atoms. The van der Waals surface area contributed by atoms with Gasteiger partial charge in [0.05, 0.1) is 26.0 Å². The SMILES string of the molecule is COc1cc(OC)cc(C(O)CNCc2nc3c(s2)CCC3)c1. The fourth-order valence-electron chi connectivity index (χ4n) is 2.77. The maximum absolute atomic E-state index is 10.4. The molecule has 0 radical (unpaired) electrons. The number of hydrogen-bond donors (Lipinski definition) is 2. The number of benzene rings is 1. The van der Waals surface area contributed by atoms with Gasteiger partial charge in [0.1, 0.15) is 16.5 Å². The number of nitrogens with zero attached hydrogens (tertiary/aromatic N) is 1. The Labute approximate surface area is 140 Å². The first kappa shape index (κ1) is 16.2. The van der Waals surface area contributed by atoms with Crippen LogP contribution in [0.25, 0.3) is 0 Å². The van der Waals surface area contributed by atoms with Gasteiger partial charge in [-0.3, -0.25) is 0 Å². The van der Waals surface area contributed by atoms with Gasteiger partial charge in [0.2, 0.25) is 0 Å². The number of aliphatic hydroxyl groups is 1. The van der Waals surface area contributed by atoms with Gasteiger partial charge in [-0.1, -0.05) is 0 Å². The number of aryl methyl sites for hydroxylation is 2. The minimum Gasteiger partial charge on any atom is -0.497 e. The molecule has 3 rings (SSSR count). The van der Waals surface area contributed by atoms with Crippen LogP contribution in [0.1, 0.15) is 33.7 Å². The molecule has 0 amide bonds. The molecule has 1 unspecified atom stereocenters. The van der Waals surface area contributed by atoms with E-state index in [0.717, 1.165) is 17.0 Å². The van der Waals surface area contributed by atoms with Crippen molar-refractivity contribution in [1.29, 1.82) is 0 Å². The molecule has 0 saturated heterocycles. The van der Waals surface area contributed by atoms with Crippen LogP contribution in [0, 0.1) is 0 Å². The fourth-order valence-corrected chi connectivity index (χ4v) is 3.90. The van der Waals surface area contributed by atoms with Crippen LogP contribution in [-0.2, 0) is 19.4 Å². The standard InChI is InChI=1S/C17H22N2O3S/c1-21-12-6-11(7-13(8-12)22-2)15(20)9-18-10-17-19-14-4-3-5-16(14)23-17/h6-8,15,18,20H,3-5,9-10H2,1-2H3. The normalized spacial score (nSPS) is 14.6. The molecule has 1 heterocycles. The van der Waals surface area contributed by atoms with Gasteiger partial charge in [0.15, 0.2) is 0 Å². The van der Waals surface area contributed by atoms with Crippen molar-refractivity contribution in [2.75, 3.05) is 20.8 Å². The minimum absolute atomic E-state index is 0.459. The largest absolute Gasteiger partial charge is 0.497 e. The maximum Gasteiger partial charge on any atom is 0.122 e. The summed E-state index contributed by atoms with van der Waals surface area (Å²) in [6, 6.07) is 5.44. The predicted octanol–water partition coefficient (Wildman–Crippen LogP) is 2.47. The number of thiazole rings is 1. The number of aliphatic hydroxyl groups excluding tert-OH is 1. The number of nitrogens with one attached hydrogen (secondary N) is 1. The van der Waals surface area contributed by atoms with Gasteiger partial charge in [-0.15, -0.1) is 11.3 Å². The average molecular weight is 334 g/mol. The Hall–Kier alpha value is -1.63. The highest BCUT2D eigenvalue weighted by Gasteiger charge is 2.17. The lowest BCUT2D eigenvalue weighted by Crippen LogP contribution is -2.21. The molecule has 0 spiro atoms. The van der Waals surface area contributed by atoms with E-state index in [2.05, 4.69) is 10.3 Å². The highest BCUT2D eigenvalue weighted by Crippen LogP contribution is 2.28. The summed E-state index contributed by atoms with van der Waals surface area (Å²) in [5, 5.41) is 14.7. The molecular formula is C17H22N2O3S. The highest BCUT2D eigenvalue weighted by atomic mass is 32.1. The number of fused-ring (bicyclic) bond motifs is 1. The Balaban J connectivity index is 1.57. The lowest BCUT2D eigenvalue weighted by molar-refractivity contribution is 0.173. The Morgan fingerprint density at radius 2 is 1.96 bits per heavy atom. The van der Waals surface area contributed by atoms with Crippen LogP contribution in [-0.4, -0.2) is 30.9 Å². The van der Waals surface area contributed by atoms with E-state index in [-0.39, 0.29) is 0 Å². The lowest BCUT2D eigenvalue weighted by Gasteiger charge is -2.14. The van der Waals surface area contributed by atoms with E-state index in [1.165, 1.54) is 23.4 Å². The van der Waals surface area contributed by atoms with Crippen molar-refractivity contribution in [2.24, 2.45) is 0 Å². The molecule has 1 aromatic heterocycles. The van der Waals surface area contributed by atoms with Gasteiger partial charge in [0, 0.05) is 24.0 Å². The summed E-state index contributed by atoms with van der Waals surface area (Å²) in [6.07, 6.45) is 2.89. The molecule has 0 bridgehead atoms. The van der Waals surface area contributed by atoms with E-state index < -0.39 is 6.10 Å². The molecule has 124 valence electrons. The van der Waals surface area contributed by atoms with Crippen molar-refractivity contribution in [3.63, 3.8) is 0 Å². The first-order valence-corrected chi connectivity index (χ1v) is 8.60. The molecule has 6 heteroatoms. The summed E-state index contributed by atoms with van der Waals surface area (Å²) in [7, 11) is 3.20. The number of aromatic nitrogens is 1. The molecule has 5 nitrogen and oxygen atoms in total. The number of hydrogen-bond acceptors (Lipinski definition) is 6. The van der Waals surface area contributed by atoms with Crippen molar-refractivity contribution >= 4 is 11.3 Å². The van der Waals surface area contributed by atoms with Crippen LogP contribution in [0.15, 0.2) is 18.2 Å². The van der Waals surface area contributed by atoms with Gasteiger partial charge < -0.3 is 19.9 Å². The third kappa shape index (κ3) is 3.83. The van der Waals surface area contributed by atoms with E-state index >= 15 is 0 Å². The second-order valence-corrected chi connectivity index (χ2v) is 6.79. The van der Waals surface area contributed by atoms with Crippen molar-refractivity contribution in [3.05, 3.63) is 39.3 Å². The summed E-state index contributed by atoms with van der Waals surface area (Å²) in [6.45, 7) is 1.15. The van der Waals surface area contributed by atoms with E-state index in [1.807, 2.05) is 12.1 Å². The maximum atomic E-state index is 10.4. The Morgan fingerprint density at radius 3 is 2.61 bits per heavy atom. The smallest absolute Gasteiger partial charge is 0.122 e. The van der Waals surface area contributed by atoms with Crippen LogP contribution < -0.4 is 14.8 Å². The fraction of sp³-hybridized carbons (Fsp3) is 0.471. The molecule has 0 aliphatic heterocycles. The van der Waals surface area contributed by atoms with Crippen LogP contribution in [0.2, 0.25) is 0 Å². The van der Waals surface area contributed by atoms with Gasteiger partial charge >= 0.3 is 0 Å². The van der Waals surface area contributed by atoms with Crippen molar-refractivity contribution in [3.8, 4) is 11.5 Å². The monoisotopic (exact) mass is 334 g/mol. The molecule has 1 atom stereocenters. The Bertz CT molecular complexity index is 628. The van der Waals surface area contributed by atoms with Crippen LogP contribution in [0.4, 0.5) is 0 Å². The zero-order chi connectivity index (χ0) is 16.2. The predicted molar refractivity (Wildman–Crippen MR) is 90.4 cm³/mol. The highest BCUT2D eigenvalue weighted by molar-refractivity contribution is 7.11. The van der Waals surface area contributed by atoms with Gasteiger partial charge in [-0.25, -0.2) is 4.98 Å². The first-order chi connectivity index (χ1) is 11.2. The van der Waals surface area contributed by atoms with E-state index in [0.29, 0.717) is 24.6 Å². The molecular weight excluding hydrogens is 312 g/mol. The summed E-state index contributed by atoms with van der Waals surface area (Å²) < 4.78 is 10.5. The molecule has 2 N–H and O–H groups in total. The summed E-state index contributed by atoms with van der Waals surface area (Å²) in [5.41, 5.74) is 2.04. The van der Waals surface area contributed by atoms with Gasteiger partial charge in [-0.05, 0) is 37.0 Å². The average Bonchev–Trinajstić information content (AvgIpc) is 3.15. The van der Waals surface area contributed by atoms with Gasteiger partial charge in [-0.2, -0.15) is 0 Å². The van der Waals surface area contributed by atoms with E-state index in [1.54, 1.807) is 31.6 Å². The van der Waals surface area contributed by atoms with Crippen LogP contribution in [0.5, 0.6) is 11.5 Å². The van der Waals surface area contributed by atoms with Crippen molar-refractivity contribution < 1.29 is 14.6 Å². The van der Waals surface area contributed by atoms with E-state index in [4.69, 9.17) is 9.47 Å². The van der Waals surface area contributed by atoms with Crippen molar-refractivity contribution in [2.45, 2.75) is 31.9 Å². The Morgan fingerprint density at radius 1 is 1.22 bits per heavy atom.